The third-order valence-electron chi connectivity index (χ3n) is 1.78. The van der Waals surface area contributed by atoms with Crippen molar-refractivity contribution in [3.05, 3.63) is 28.8 Å². The van der Waals surface area contributed by atoms with E-state index < -0.39 is 6.67 Å². The number of rotatable bonds is 5. The molecule has 0 saturated carbocycles. The van der Waals surface area contributed by atoms with Gasteiger partial charge in [0.05, 0.1) is 11.6 Å². The first-order valence-corrected chi connectivity index (χ1v) is 5.04. The molecular weight excluding hydrogens is 233 g/mol. The van der Waals surface area contributed by atoms with Gasteiger partial charge in [-0.15, -0.1) is 0 Å². The molecular formula is C10H13ClFN3O. The molecule has 0 aliphatic heterocycles. The average Bonchev–Trinajstić information content (AvgIpc) is 2.25. The fourth-order valence-corrected chi connectivity index (χ4v) is 1.35. The molecule has 1 aromatic rings. The summed E-state index contributed by atoms with van der Waals surface area (Å²) in [6.07, 6.45) is 0. The van der Waals surface area contributed by atoms with E-state index in [2.05, 4.69) is 4.99 Å². The number of benzene rings is 1. The van der Waals surface area contributed by atoms with Crippen molar-refractivity contribution in [3.8, 4) is 5.75 Å². The number of ether oxygens (including phenoxy) is 1. The summed E-state index contributed by atoms with van der Waals surface area (Å²) in [5.74, 6) is 0.474. The smallest absolute Gasteiger partial charge is 0.186 e. The van der Waals surface area contributed by atoms with Crippen LogP contribution in [-0.2, 0) is 6.54 Å². The standard InChI is InChI=1S/C10H13ClFN3O/c11-8-5-7(6-15-10(13)14)1-2-9(8)16-4-3-12/h1-2,5H,3-4,6H2,(H4,13,14,15). The van der Waals surface area contributed by atoms with Crippen LogP contribution in [0.15, 0.2) is 23.2 Å². The van der Waals surface area contributed by atoms with Gasteiger partial charge in [0, 0.05) is 0 Å². The van der Waals surface area contributed by atoms with Crippen molar-refractivity contribution in [2.24, 2.45) is 16.5 Å². The first-order valence-electron chi connectivity index (χ1n) is 4.66. The molecule has 4 N–H and O–H groups in total. The zero-order valence-corrected chi connectivity index (χ0v) is 9.38. The van der Waals surface area contributed by atoms with Gasteiger partial charge in [-0.2, -0.15) is 0 Å². The van der Waals surface area contributed by atoms with E-state index in [-0.39, 0.29) is 12.6 Å². The SMILES string of the molecule is NC(N)=NCc1ccc(OCCF)c(Cl)c1. The number of halogens is 2. The second-order valence-corrected chi connectivity index (χ2v) is 3.45. The number of hydrogen-bond donors (Lipinski definition) is 2. The maximum absolute atomic E-state index is 11.9. The molecule has 88 valence electrons. The zero-order valence-electron chi connectivity index (χ0n) is 8.62. The van der Waals surface area contributed by atoms with Crippen LogP contribution in [0.2, 0.25) is 5.02 Å². The molecule has 0 fully saturated rings. The van der Waals surface area contributed by atoms with Crippen LogP contribution in [0, 0.1) is 0 Å². The minimum Gasteiger partial charge on any atom is -0.489 e. The minimum absolute atomic E-state index is 0.00698. The topological polar surface area (TPSA) is 73.6 Å². The van der Waals surface area contributed by atoms with Gasteiger partial charge in [-0.1, -0.05) is 17.7 Å². The molecule has 0 amide bonds. The van der Waals surface area contributed by atoms with Crippen molar-refractivity contribution < 1.29 is 9.13 Å². The van der Waals surface area contributed by atoms with Crippen molar-refractivity contribution in [1.82, 2.24) is 0 Å². The summed E-state index contributed by atoms with van der Waals surface area (Å²) in [7, 11) is 0. The Morgan fingerprint density at radius 2 is 2.19 bits per heavy atom. The number of hydrogen-bond acceptors (Lipinski definition) is 2. The van der Waals surface area contributed by atoms with Gasteiger partial charge in [0.1, 0.15) is 19.0 Å². The summed E-state index contributed by atoms with van der Waals surface area (Å²) >= 11 is 5.92. The molecule has 0 saturated heterocycles. The Hall–Kier alpha value is -1.49. The van der Waals surface area contributed by atoms with Gasteiger partial charge >= 0.3 is 0 Å². The van der Waals surface area contributed by atoms with Crippen LogP contribution in [0.25, 0.3) is 0 Å². The molecule has 0 atom stereocenters. The van der Waals surface area contributed by atoms with Crippen LogP contribution in [0.1, 0.15) is 5.56 Å². The molecule has 0 bridgehead atoms. The number of nitrogens with two attached hydrogens (primary N) is 2. The molecule has 1 aromatic carbocycles. The van der Waals surface area contributed by atoms with Crippen LogP contribution >= 0.6 is 11.6 Å². The summed E-state index contributed by atoms with van der Waals surface area (Å²) in [5, 5.41) is 0.414. The van der Waals surface area contributed by atoms with Crippen LogP contribution < -0.4 is 16.2 Å². The number of guanidine groups is 1. The molecule has 0 aliphatic rings. The van der Waals surface area contributed by atoms with E-state index >= 15 is 0 Å². The predicted molar refractivity (Wildman–Crippen MR) is 62.4 cm³/mol. The van der Waals surface area contributed by atoms with Crippen LogP contribution in [-0.4, -0.2) is 19.2 Å². The Morgan fingerprint density at radius 1 is 1.44 bits per heavy atom. The van der Waals surface area contributed by atoms with Gasteiger partial charge in [0.15, 0.2) is 5.96 Å². The largest absolute Gasteiger partial charge is 0.489 e. The van der Waals surface area contributed by atoms with E-state index in [9.17, 15) is 4.39 Å². The van der Waals surface area contributed by atoms with Gasteiger partial charge in [-0.25, -0.2) is 9.38 Å². The normalized spacial score (nSPS) is 9.88. The van der Waals surface area contributed by atoms with E-state index in [1.54, 1.807) is 18.2 Å². The molecule has 0 aromatic heterocycles. The van der Waals surface area contributed by atoms with E-state index in [1.165, 1.54) is 0 Å². The number of aliphatic imine (C=N–C) groups is 1. The van der Waals surface area contributed by atoms with Gasteiger partial charge < -0.3 is 16.2 Å². The Bertz CT molecular complexity index is 380. The molecule has 6 heteroatoms. The molecule has 1 rings (SSSR count). The molecule has 0 heterocycles. The quantitative estimate of drug-likeness (QED) is 0.609. The number of alkyl halides is 1. The van der Waals surface area contributed by atoms with E-state index in [4.69, 9.17) is 27.8 Å². The first-order chi connectivity index (χ1) is 7.63. The molecule has 0 unspecified atom stereocenters. The van der Waals surface area contributed by atoms with Crippen molar-refractivity contribution in [3.63, 3.8) is 0 Å². The van der Waals surface area contributed by atoms with E-state index in [1.807, 2.05) is 0 Å². The third kappa shape index (κ3) is 3.94. The molecule has 0 spiro atoms. The van der Waals surface area contributed by atoms with Crippen molar-refractivity contribution in [2.75, 3.05) is 13.3 Å². The highest BCUT2D eigenvalue weighted by atomic mass is 35.5. The first kappa shape index (κ1) is 12.6. The zero-order chi connectivity index (χ0) is 12.0. The lowest BCUT2D eigenvalue weighted by molar-refractivity contribution is 0.273. The Kier molecular flexibility index (Phi) is 4.85. The third-order valence-corrected chi connectivity index (χ3v) is 2.07. The Morgan fingerprint density at radius 3 is 2.75 bits per heavy atom. The Labute approximate surface area is 98.0 Å². The maximum Gasteiger partial charge on any atom is 0.186 e. The fraction of sp³-hybridized carbons (Fsp3) is 0.300. The highest BCUT2D eigenvalue weighted by Crippen LogP contribution is 2.25. The van der Waals surface area contributed by atoms with Gasteiger partial charge in [0.2, 0.25) is 0 Å². The summed E-state index contributed by atoms with van der Waals surface area (Å²) in [4.78, 5) is 3.84. The summed E-state index contributed by atoms with van der Waals surface area (Å²) < 4.78 is 17.0. The van der Waals surface area contributed by atoms with Crippen molar-refractivity contribution in [1.29, 1.82) is 0 Å². The lowest BCUT2D eigenvalue weighted by Gasteiger charge is -2.07. The molecule has 0 aliphatic carbocycles. The maximum atomic E-state index is 11.9. The second kappa shape index (κ2) is 6.17. The molecule has 4 nitrogen and oxygen atoms in total. The molecule has 0 radical (unpaired) electrons. The van der Waals surface area contributed by atoms with Gasteiger partial charge in [0.25, 0.3) is 0 Å². The monoisotopic (exact) mass is 245 g/mol. The Balaban J connectivity index is 2.70. The summed E-state index contributed by atoms with van der Waals surface area (Å²) in [6, 6.07) is 5.11. The summed E-state index contributed by atoms with van der Waals surface area (Å²) in [5.41, 5.74) is 11.3. The average molecular weight is 246 g/mol. The van der Waals surface area contributed by atoms with E-state index in [0.29, 0.717) is 17.3 Å². The highest BCUT2D eigenvalue weighted by molar-refractivity contribution is 6.32. The van der Waals surface area contributed by atoms with Gasteiger partial charge in [-0.3, -0.25) is 0 Å². The lowest BCUT2D eigenvalue weighted by atomic mass is 10.2. The fourth-order valence-electron chi connectivity index (χ4n) is 1.09. The van der Waals surface area contributed by atoms with Crippen LogP contribution in [0.4, 0.5) is 4.39 Å². The van der Waals surface area contributed by atoms with Gasteiger partial charge in [-0.05, 0) is 17.7 Å². The lowest BCUT2D eigenvalue weighted by Crippen LogP contribution is -2.22. The minimum atomic E-state index is -0.550. The molecule has 16 heavy (non-hydrogen) atoms. The summed E-state index contributed by atoms with van der Waals surface area (Å²) in [6.45, 7) is -0.204. The van der Waals surface area contributed by atoms with Crippen molar-refractivity contribution in [2.45, 2.75) is 6.54 Å². The predicted octanol–water partition coefficient (Wildman–Crippen LogP) is 1.46. The van der Waals surface area contributed by atoms with Crippen molar-refractivity contribution >= 4 is 17.6 Å². The van der Waals surface area contributed by atoms with E-state index in [0.717, 1.165) is 5.56 Å². The number of nitrogens with zero attached hydrogens (tertiary/aromatic N) is 1. The highest BCUT2D eigenvalue weighted by Gasteiger charge is 2.02. The van der Waals surface area contributed by atoms with Crippen LogP contribution in [0.3, 0.4) is 0 Å². The van der Waals surface area contributed by atoms with Crippen LogP contribution in [0.5, 0.6) is 5.75 Å². The second-order valence-electron chi connectivity index (χ2n) is 3.04.